The molecule has 11 heteroatoms. The number of nitro benzene ring substituents is 1. The number of benzene rings is 2. The smallest absolute Gasteiger partial charge is 0.270 e. The van der Waals surface area contributed by atoms with Gasteiger partial charge in [-0.15, -0.1) is 10.2 Å². The van der Waals surface area contributed by atoms with Crippen LogP contribution in [-0.2, 0) is 28.4 Å². The highest BCUT2D eigenvalue weighted by Crippen LogP contribution is 2.37. The van der Waals surface area contributed by atoms with Gasteiger partial charge in [0.15, 0.2) is 17.8 Å². The van der Waals surface area contributed by atoms with Crippen LogP contribution in [-0.4, -0.2) is 44.2 Å². The SMILES string of the molecule is O=[N+]([O-])c1cc2c(c(CSc3nnc(-c4c[nH]c5ccccc45)n3CC3CCCO3)c1)OCOC2. The summed E-state index contributed by atoms with van der Waals surface area (Å²) in [5.41, 5.74) is 3.45. The number of hydrogen-bond donors (Lipinski definition) is 1. The zero-order chi connectivity index (χ0) is 23.8. The van der Waals surface area contributed by atoms with Gasteiger partial charge in [0.1, 0.15) is 5.75 Å². The summed E-state index contributed by atoms with van der Waals surface area (Å²) >= 11 is 1.48. The van der Waals surface area contributed by atoms with Crippen molar-refractivity contribution in [2.24, 2.45) is 0 Å². The number of fused-ring (bicyclic) bond motifs is 2. The minimum absolute atomic E-state index is 0.0220. The van der Waals surface area contributed by atoms with E-state index in [2.05, 4.69) is 25.8 Å². The normalized spacial score (nSPS) is 17.4. The molecule has 0 radical (unpaired) electrons. The number of aromatic nitrogens is 4. The molecule has 1 unspecified atom stereocenters. The van der Waals surface area contributed by atoms with Crippen molar-refractivity contribution in [2.75, 3.05) is 13.4 Å². The van der Waals surface area contributed by atoms with Crippen molar-refractivity contribution in [3.63, 3.8) is 0 Å². The third kappa shape index (κ3) is 4.26. The van der Waals surface area contributed by atoms with E-state index in [9.17, 15) is 10.1 Å². The number of para-hydroxylation sites is 1. The Bertz CT molecular complexity index is 1390. The number of nitrogens with zero attached hydrogens (tertiary/aromatic N) is 4. The number of aromatic amines is 1. The van der Waals surface area contributed by atoms with Gasteiger partial charge in [-0.2, -0.15) is 0 Å². The lowest BCUT2D eigenvalue weighted by Crippen LogP contribution is -2.16. The van der Waals surface area contributed by atoms with Crippen LogP contribution in [0.1, 0.15) is 24.0 Å². The van der Waals surface area contributed by atoms with Crippen molar-refractivity contribution in [1.29, 1.82) is 0 Å². The fraction of sp³-hybridized carbons (Fsp3) is 0.333. The number of hydrogen-bond acceptors (Lipinski definition) is 8. The fourth-order valence-electron chi connectivity index (χ4n) is 4.64. The Labute approximate surface area is 204 Å². The van der Waals surface area contributed by atoms with Crippen molar-refractivity contribution < 1.29 is 19.1 Å². The van der Waals surface area contributed by atoms with E-state index in [1.807, 2.05) is 24.4 Å². The number of ether oxygens (including phenoxy) is 3. The summed E-state index contributed by atoms with van der Waals surface area (Å²) < 4.78 is 19.0. The molecule has 1 atom stereocenters. The van der Waals surface area contributed by atoms with Gasteiger partial charge < -0.3 is 19.2 Å². The van der Waals surface area contributed by atoms with E-state index in [1.54, 1.807) is 6.07 Å². The molecule has 0 spiro atoms. The van der Waals surface area contributed by atoms with Crippen molar-refractivity contribution in [3.8, 4) is 17.1 Å². The molecule has 180 valence electrons. The number of non-ortho nitro benzene ring substituents is 1. The zero-order valence-corrected chi connectivity index (χ0v) is 19.6. The first-order valence-electron chi connectivity index (χ1n) is 11.4. The summed E-state index contributed by atoms with van der Waals surface area (Å²) in [5.74, 6) is 1.87. The lowest BCUT2D eigenvalue weighted by molar-refractivity contribution is -0.385. The van der Waals surface area contributed by atoms with Crippen LogP contribution in [0.3, 0.4) is 0 Å². The van der Waals surface area contributed by atoms with Crippen LogP contribution in [0.25, 0.3) is 22.3 Å². The molecule has 1 saturated heterocycles. The molecule has 0 saturated carbocycles. The topological polar surface area (TPSA) is 117 Å². The lowest BCUT2D eigenvalue weighted by atomic mass is 10.1. The molecule has 2 aromatic carbocycles. The second-order valence-corrected chi connectivity index (χ2v) is 9.49. The Kier molecular flexibility index (Phi) is 5.88. The summed E-state index contributed by atoms with van der Waals surface area (Å²) in [6.07, 6.45) is 4.08. The van der Waals surface area contributed by atoms with Crippen LogP contribution in [0.15, 0.2) is 47.8 Å². The van der Waals surface area contributed by atoms with Gasteiger partial charge >= 0.3 is 0 Å². The zero-order valence-electron chi connectivity index (χ0n) is 18.8. The maximum Gasteiger partial charge on any atom is 0.270 e. The second kappa shape index (κ2) is 9.33. The molecular formula is C24H23N5O5S. The monoisotopic (exact) mass is 493 g/mol. The predicted octanol–water partition coefficient (Wildman–Crippen LogP) is 4.67. The van der Waals surface area contributed by atoms with E-state index in [-0.39, 0.29) is 25.2 Å². The van der Waals surface area contributed by atoms with E-state index < -0.39 is 4.92 Å². The molecule has 1 N–H and O–H groups in total. The van der Waals surface area contributed by atoms with Crippen molar-refractivity contribution in [1.82, 2.24) is 19.7 Å². The largest absolute Gasteiger partial charge is 0.467 e. The van der Waals surface area contributed by atoms with E-state index in [1.165, 1.54) is 17.8 Å². The Hall–Kier alpha value is -3.41. The molecule has 4 aromatic rings. The summed E-state index contributed by atoms with van der Waals surface area (Å²) in [6.45, 7) is 1.81. The van der Waals surface area contributed by atoms with Gasteiger partial charge in [-0.25, -0.2) is 0 Å². The molecule has 4 heterocycles. The average Bonchev–Trinajstić information content (AvgIpc) is 3.63. The number of H-pyrrole nitrogens is 1. The quantitative estimate of drug-likeness (QED) is 0.224. The van der Waals surface area contributed by atoms with Gasteiger partial charge in [0.2, 0.25) is 0 Å². The van der Waals surface area contributed by atoms with Gasteiger partial charge in [0.25, 0.3) is 5.69 Å². The molecule has 0 amide bonds. The average molecular weight is 494 g/mol. The molecule has 6 rings (SSSR count). The van der Waals surface area contributed by atoms with Gasteiger partial charge in [0.05, 0.1) is 24.2 Å². The van der Waals surface area contributed by atoms with Gasteiger partial charge in [-0.3, -0.25) is 14.7 Å². The van der Waals surface area contributed by atoms with E-state index in [4.69, 9.17) is 14.2 Å². The highest BCUT2D eigenvalue weighted by molar-refractivity contribution is 7.98. The number of nitro groups is 1. The first kappa shape index (κ1) is 22.1. The molecule has 2 aromatic heterocycles. The summed E-state index contributed by atoms with van der Waals surface area (Å²) in [5, 5.41) is 22.3. The minimum Gasteiger partial charge on any atom is -0.467 e. The predicted molar refractivity (Wildman–Crippen MR) is 129 cm³/mol. The third-order valence-corrected chi connectivity index (χ3v) is 7.31. The van der Waals surface area contributed by atoms with Crippen LogP contribution in [0.5, 0.6) is 5.75 Å². The number of thioether (sulfide) groups is 1. The first-order valence-corrected chi connectivity index (χ1v) is 12.4. The van der Waals surface area contributed by atoms with Crippen molar-refractivity contribution in [2.45, 2.75) is 43.0 Å². The number of nitrogens with one attached hydrogen (secondary N) is 1. The van der Waals surface area contributed by atoms with Crippen molar-refractivity contribution >= 4 is 28.4 Å². The lowest BCUT2D eigenvalue weighted by Gasteiger charge is -2.20. The maximum atomic E-state index is 11.5. The van der Waals surface area contributed by atoms with Crippen LogP contribution in [0.4, 0.5) is 5.69 Å². The Morgan fingerprint density at radius 3 is 3.03 bits per heavy atom. The maximum absolute atomic E-state index is 11.5. The Balaban J connectivity index is 1.35. The van der Waals surface area contributed by atoms with Gasteiger partial charge in [-0.1, -0.05) is 30.0 Å². The Morgan fingerprint density at radius 1 is 1.26 bits per heavy atom. The Morgan fingerprint density at radius 2 is 2.17 bits per heavy atom. The minimum atomic E-state index is -0.391. The highest BCUT2D eigenvalue weighted by atomic mass is 32.2. The summed E-state index contributed by atoms with van der Waals surface area (Å²) in [4.78, 5) is 14.4. The number of rotatable bonds is 7. The van der Waals surface area contributed by atoms with Crippen molar-refractivity contribution in [3.05, 3.63) is 63.8 Å². The molecule has 35 heavy (non-hydrogen) atoms. The van der Waals surface area contributed by atoms with Crippen LogP contribution in [0.2, 0.25) is 0 Å². The molecule has 0 aliphatic carbocycles. The molecule has 0 bridgehead atoms. The molecule has 2 aliphatic heterocycles. The molecule has 1 fully saturated rings. The van der Waals surface area contributed by atoms with Crippen LogP contribution < -0.4 is 4.74 Å². The molecule has 2 aliphatic rings. The molecular weight excluding hydrogens is 470 g/mol. The first-order chi connectivity index (χ1) is 17.2. The summed E-state index contributed by atoms with van der Waals surface area (Å²) in [7, 11) is 0. The van der Waals surface area contributed by atoms with E-state index >= 15 is 0 Å². The fourth-order valence-corrected chi connectivity index (χ4v) is 5.56. The molecule has 10 nitrogen and oxygen atoms in total. The third-order valence-electron chi connectivity index (χ3n) is 6.30. The van der Waals surface area contributed by atoms with Crippen LogP contribution >= 0.6 is 11.8 Å². The van der Waals surface area contributed by atoms with Gasteiger partial charge in [0, 0.05) is 58.3 Å². The van der Waals surface area contributed by atoms with Crippen LogP contribution in [0, 0.1) is 10.1 Å². The van der Waals surface area contributed by atoms with Gasteiger partial charge in [-0.05, 0) is 18.9 Å². The van der Waals surface area contributed by atoms with E-state index in [0.717, 1.165) is 52.5 Å². The standard InChI is InChI=1S/C24H23N5O5S/c30-29(31)17-8-15-12-32-14-34-22(15)16(9-17)13-35-24-27-26-23(28(24)11-18-4-3-7-33-18)20-10-25-21-6-2-1-5-19(20)21/h1-2,5-6,8-10,18,25H,3-4,7,11-14H2. The summed E-state index contributed by atoms with van der Waals surface area (Å²) in [6, 6.07) is 11.2. The second-order valence-electron chi connectivity index (χ2n) is 8.55. The highest BCUT2D eigenvalue weighted by Gasteiger charge is 2.25. The van der Waals surface area contributed by atoms with E-state index in [0.29, 0.717) is 23.6 Å².